The van der Waals surface area contributed by atoms with Gasteiger partial charge in [-0.25, -0.2) is 0 Å². The maximum absolute atomic E-state index is 11.9. The number of carbonyl (C=O) groups excluding carboxylic acids is 1. The number of carbonyl (C=O) groups is 1. The molecule has 4 rings (SSSR count). The lowest BCUT2D eigenvalue weighted by Gasteiger charge is -2.48. The molecule has 3 aliphatic heterocycles. The van der Waals surface area contributed by atoms with E-state index in [4.69, 9.17) is 4.74 Å². The quantitative estimate of drug-likeness (QED) is 0.724. The normalized spacial score (nSPS) is 39.7. The molecule has 1 N–H and O–H groups in total. The van der Waals surface area contributed by atoms with Crippen LogP contribution in [0.3, 0.4) is 0 Å². The second-order valence-electron chi connectivity index (χ2n) is 6.16. The van der Waals surface area contributed by atoms with E-state index in [9.17, 15) is 9.90 Å². The highest BCUT2D eigenvalue weighted by molar-refractivity contribution is 5.77. The summed E-state index contributed by atoms with van der Waals surface area (Å²) in [5.41, 5.74) is 2.68. The lowest BCUT2D eigenvalue weighted by Crippen LogP contribution is -2.56. The van der Waals surface area contributed by atoms with Gasteiger partial charge in [-0.1, -0.05) is 24.3 Å². The molecule has 0 bridgehead atoms. The highest BCUT2D eigenvalue weighted by Crippen LogP contribution is 2.45. The van der Waals surface area contributed by atoms with Gasteiger partial charge in [0.1, 0.15) is 12.0 Å². The molecule has 1 aromatic carbocycles. The summed E-state index contributed by atoms with van der Waals surface area (Å²) in [4.78, 5) is 14.3. The maximum Gasteiger partial charge on any atom is 0.313 e. The SMILES string of the molecule is C[C@@H]1OC(=O)[C@@H]2[C@H]1N1CCc3ccccc3[C@@H]1C[C@@H]2O. The molecule has 4 nitrogen and oxygen atoms in total. The van der Waals surface area contributed by atoms with E-state index in [0.29, 0.717) is 6.42 Å². The molecule has 0 radical (unpaired) electrons. The number of fused-ring (bicyclic) bond motifs is 5. The summed E-state index contributed by atoms with van der Waals surface area (Å²) >= 11 is 0. The number of cyclic esters (lactones) is 1. The van der Waals surface area contributed by atoms with Gasteiger partial charge in [0.2, 0.25) is 0 Å². The van der Waals surface area contributed by atoms with Crippen molar-refractivity contribution in [3.05, 3.63) is 35.4 Å². The Hall–Kier alpha value is -1.39. The van der Waals surface area contributed by atoms with Gasteiger partial charge in [0, 0.05) is 12.6 Å². The van der Waals surface area contributed by atoms with Crippen LogP contribution in [0.15, 0.2) is 24.3 Å². The van der Waals surface area contributed by atoms with E-state index in [1.165, 1.54) is 11.1 Å². The number of aliphatic hydroxyl groups excluding tert-OH is 1. The summed E-state index contributed by atoms with van der Waals surface area (Å²) in [6.07, 6.45) is 0.910. The van der Waals surface area contributed by atoms with Crippen LogP contribution in [0.1, 0.15) is 30.5 Å². The largest absolute Gasteiger partial charge is 0.461 e. The van der Waals surface area contributed by atoms with Crippen LogP contribution in [0.25, 0.3) is 0 Å². The minimum absolute atomic E-state index is 0.0182. The predicted octanol–water partition coefficient (Wildman–Crippen LogP) is 1.28. The predicted molar refractivity (Wildman–Crippen MR) is 73.0 cm³/mol. The molecule has 2 fully saturated rings. The smallest absolute Gasteiger partial charge is 0.313 e. The molecule has 106 valence electrons. The molecule has 0 aromatic heterocycles. The van der Waals surface area contributed by atoms with Crippen LogP contribution in [0, 0.1) is 5.92 Å². The molecule has 3 heterocycles. The van der Waals surface area contributed by atoms with Gasteiger partial charge in [-0.3, -0.25) is 9.69 Å². The van der Waals surface area contributed by atoms with Gasteiger partial charge in [-0.2, -0.15) is 0 Å². The zero-order valence-electron chi connectivity index (χ0n) is 11.5. The van der Waals surface area contributed by atoms with Crippen LogP contribution < -0.4 is 0 Å². The van der Waals surface area contributed by atoms with Gasteiger partial charge in [-0.05, 0) is 30.9 Å². The van der Waals surface area contributed by atoms with Crippen LogP contribution in [0.5, 0.6) is 0 Å². The van der Waals surface area contributed by atoms with Crippen LogP contribution >= 0.6 is 0 Å². The number of hydrogen-bond acceptors (Lipinski definition) is 4. The molecule has 0 unspecified atom stereocenters. The summed E-state index contributed by atoms with van der Waals surface area (Å²) in [6.45, 7) is 2.88. The number of aliphatic hydroxyl groups is 1. The molecule has 20 heavy (non-hydrogen) atoms. The molecule has 5 atom stereocenters. The number of rotatable bonds is 0. The van der Waals surface area contributed by atoms with Gasteiger partial charge in [0.15, 0.2) is 0 Å². The Morgan fingerprint density at radius 1 is 1.35 bits per heavy atom. The third-order valence-electron chi connectivity index (χ3n) is 5.14. The summed E-state index contributed by atoms with van der Waals surface area (Å²) < 4.78 is 5.37. The van der Waals surface area contributed by atoms with Crippen LogP contribution in [0.2, 0.25) is 0 Å². The Labute approximate surface area is 118 Å². The fraction of sp³-hybridized carbons (Fsp3) is 0.562. The van der Waals surface area contributed by atoms with Crippen molar-refractivity contribution in [1.82, 2.24) is 4.90 Å². The standard InChI is InChI=1S/C16H19NO3/c1-9-15-14(16(19)20-9)13(18)8-12-11-5-3-2-4-10(11)6-7-17(12)15/h2-5,9,12-15,18H,6-8H2,1H3/t9-,12-,13-,14-,15-/m0/s1. The maximum atomic E-state index is 11.9. The molecular weight excluding hydrogens is 254 g/mol. The third-order valence-corrected chi connectivity index (χ3v) is 5.14. The molecule has 0 aliphatic carbocycles. The van der Waals surface area contributed by atoms with Crippen molar-refractivity contribution >= 4 is 5.97 Å². The Morgan fingerprint density at radius 2 is 2.15 bits per heavy atom. The zero-order chi connectivity index (χ0) is 13.9. The van der Waals surface area contributed by atoms with E-state index in [1.807, 2.05) is 6.92 Å². The average molecular weight is 273 g/mol. The summed E-state index contributed by atoms with van der Waals surface area (Å²) in [7, 11) is 0. The molecule has 0 saturated carbocycles. The van der Waals surface area contributed by atoms with Crippen molar-refractivity contribution < 1.29 is 14.6 Å². The van der Waals surface area contributed by atoms with Crippen molar-refractivity contribution in [2.24, 2.45) is 5.92 Å². The minimum atomic E-state index is -0.593. The van der Waals surface area contributed by atoms with Crippen molar-refractivity contribution in [3.8, 4) is 0 Å². The van der Waals surface area contributed by atoms with Crippen molar-refractivity contribution in [2.45, 2.75) is 44.1 Å². The zero-order valence-corrected chi connectivity index (χ0v) is 11.5. The van der Waals surface area contributed by atoms with Crippen molar-refractivity contribution in [1.29, 1.82) is 0 Å². The molecule has 1 aromatic rings. The number of esters is 1. The number of benzene rings is 1. The average Bonchev–Trinajstić information content (AvgIpc) is 2.75. The van der Waals surface area contributed by atoms with Gasteiger partial charge in [0.05, 0.1) is 12.1 Å². The number of ether oxygens (including phenoxy) is 1. The number of nitrogens with zero attached hydrogens (tertiary/aromatic N) is 1. The van der Waals surface area contributed by atoms with E-state index in [-0.39, 0.29) is 30.1 Å². The van der Waals surface area contributed by atoms with E-state index in [2.05, 4.69) is 29.2 Å². The van der Waals surface area contributed by atoms with Gasteiger partial charge in [-0.15, -0.1) is 0 Å². The lowest BCUT2D eigenvalue weighted by atomic mass is 9.77. The fourth-order valence-corrected chi connectivity index (χ4v) is 4.29. The molecule has 3 aliphatic rings. The Morgan fingerprint density at radius 3 is 3.00 bits per heavy atom. The second-order valence-corrected chi connectivity index (χ2v) is 6.16. The Kier molecular flexibility index (Phi) is 2.66. The highest BCUT2D eigenvalue weighted by Gasteiger charge is 2.55. The van der Waals surface area contributed by atoms with E-state index >= 15 is 0 Å². The van der Waals surface area contributed by atoms with E-state index in [1.54, 1.807) is 0 Å². The van der Waals surface area contributed by atoms with Crippen LogP contribution in [0.4, 0.5) is 0 Å². The van der Waals surface area contributed by atoms with Crippen molar-refractivity contribution in [3.63, 3.8) is 0 Å². The molecular formula is C16H19NO3. The summed E-state index contributed by atoms with van der Waals surface area (Å²) in [6, 6.07) is 8.69. The van der Waals surface area contributed by atoms with Crippen LogP contribution in [-0.4, -0.2) is 40.8 Å². The first-order valence-electron chi connectivity index (χ1n) is 7.39. The van der Waals surface area contributed by atoms with Crippen molar-refractivity contribution in [2.75, 3.05) is 6.54 Å². The van der Waals surface area contributed by atoms with E-state index in [0.717, 1.165) is 13.0 Å². The van der Waals surface area contributed by atoms with Gasteiger partial charge < -0.3 is 9.84 Å². The summed E-state index contributed by atoms with van der Waals surface area (Å²) in [5.74, 6) is -0.598. The lowest BCUT2D eigenvalue weighted by molar-refractivity contribution is -0.147. The first-order chi connectivity index (χ1) is 9.66. The molecule has 4 heteroatoms. The Balaban J connectivity index is 1.76. The monoisotopic (exact) mass is 273 g/mol. The molecule has 0 amide bonds. The number of hydrogen-bond donors (Lipinski definition) is 1. The minimum Gasteiger partial charge on any atom is -0.461 e. The molecule has 2 saturated heterocycles. The fourth-order valence-electron chi connectivity index (χ4n) is 4.29. The highest BCUT2D eigenvalue weighted by atomic mass is 16.6. The summed E-state index contributed by atoms with van der Waals surface area (Å²) in [5, 5.41) is 10.4. The molecule has 0 spiro atoms. The van der Waals surface area contributed by atoms with E-state index < -0.39 is 6.10 Å². The first-order valence-corrected chi connectivity index (χ1v) is 7.39. The third kappa shape index (κ3) is 1.58. The van der Waals surface area contributed by atoms with Gasteiger partial charge in [0.25, 0.3) is 0 Å². The topological polar surface area (TPSA) is 49.8 Å². The van der Waals surface area contributed by atoms with Crippen LogP contribution in [-0.2, 0) is 16.0 Å². The number of piperidine rings is 1. The second kappa shape index (κ2) is 4.30. The Bertz CT molecular complexity index is 558. The first kappa shape index (κ1) is 12.4. The van der Waals surface area contributed by atoms with Gasteiger partial charge >= 0.3 is 5.97 Å².